The van der Waals surface area contributed by atoms with Gasteiger partial charge in [0.05, 0.1) is 33.0 Å². The van der Waals surface area contributed by atoms with Crippen LogP contribution in [0.15, 0.2) is 5.11 Å². The van der Waals surface area contributed by atoms with E-state index in [4.69, 9.17) is 71.2 Å². The van der Waals surface area contributed by atoms with Crippen molar-refractivity contribution in [2.75, 3.05) is 85.8 Å². The molecule has 8 unspecified atom stereocenters. The summed E-state index contributed by atoms with van der Waals surface area (Å²) in [5.74, 6) is 0. The second kappa shape index (κ2) is 39.5. The molecule has 0 saturated carbocycles. The zero-order valence-electron chi connectivity index (χ0n) is 42.1. The Morgan fingerprint density at radius 2 is 1.06 bits per heavy atom. The predicted molar refractivity (Wildman–Crippen MR) is 253 cm³/mol. The molecule has 0 aromatic carbocycles. The molecule has 0 aromatic heterocycles. The molecule has 2 aliphatic rings. The van der Waals surface area contributed by atoms with Crippen molar-refractivity contribution in [3.05, 3.63) is 10.4 Å². The van der Waals surface area contributed by atoms with Crippen LogP contribution in [0.1, 0.15) is 138 Å². The van der Waals surface area contributed by atoms with E-state index >= 15 is 0 Å². The van der Waals surface area contributed by atoms with Crippen LogP contribution in [0.5, 0.6) is 0 Å². The van der Waals surface area contributed by atoms with Gasteiger partial charge in [-0.1, -0.05) is 98.5 Å². The zero-order valence-corrected chi connectivity index (χ0v) is 43.9. The molecular weight excluding hydrogens is 932 g/mol. The molecule has 0 bridgehead atoms. The van der Waals surface area contributed by atoms with Gasteiger partial charge < -0.3 is 57.0 Å². The minimum atomic E-state index is -4.93. The van der Waals surface area contributed by atoms with Crippen molar-refractivity contribution in [2.24, 2.45) is 5.11 Å². The number of ether oxygens (including phenoxy) is 11. The summed E-state index contributed by atoms with van der Waals surface area (Å²) in [4.78, 5) is 24.2. The normalized spacial score (nSPS) is 25.3. The number of phosphoric ester groups is 1. The Balaban J connectivity index is 2.49. The van der Waals surface area contributed by atoms with Gasteiger partial charge in [-0.25, -0.2) is 4.57 Å². The van der Waals surface area contributed by atoms with Crippen LogP contribution >= 0.6 is 16.1 Å². The Kier molecular flexibility index (Phi) is 36.7. The summed E-state index contributed by atoms with van der Waals surface area (Å²) in [5, 5.41) is 3.54. The van der Waals surface area contributed by atoms with Gasteiger partial charge in [0.15, 0.2) is 18.7 Å². The Hall–Kier alpha value is -1.00. The molecule has 68 heavy (non-hydrogen) atoms. The molecule has 2 aliphatic heterocycles. The Labute approximate surface area is 407 Å². The maximum atomic E-state index is 14.2. The summed E-state index contributed by atoms with van der Waals surface area (Å²) < 4.78 is 112. The maximum Gasteiger partial charge on any atom is 0.695 e. The molecule has 0 amide bonds. The maximum absolute atomic E-state index is 14.2. The average Bonchev–Trinajstić information content (AvgIpc) is 3.80. The lowest BCUT2D eigenvalue weighted by atomic mass is 10.1. The van der Waals surface area contributed by atoms with Crippen molar-refractivity contribution in [3.8, 4) is 0 Å². The van der Waals surface area contributed by atoms with Crippen LogP contribution in [0.4, 0.5) is 0 Å². The SMILES string of the molecule is CCCCOC[C@H]1O[C@@H](OCC(OCCCC)C(OCCCC)C(COP(=O)(O)O[C@@H]2C(OCCCC)C(OCCN=[N+]=[N-])O[C@@H]2COCCCC)OCCCC)[C@@H](OCCCC)C1O[P+](=O)O. The van der Waals surface area contributed by atoms with E-state index in [0.29, 0.717) is 58.9 Å². The molecule has 400 valence electrons. The zero-order chi connectivity index (χ0) is 49.8. The Bertz CT molecular complexity index is 1360. The van der Waals surface area contributed by atoms with Crippen LogP contribution in [-0.4, -0.2) is 163 Å². The van der Waals surface area contributed by atoms with Crippen LogP contribution < -0.4 is 0 Å². The first-order valence-corrected chi connectivity index (χ1v) is 27.9. The van der Waals surface area contributed by atoms with E-state index in [9.17, 15) is 18.9 Å². The number of hydrogen-bond donors (Lipinski definition) is 2. The van der Waals surface area contributed by atoms with Crippen molar-refractivity contribution in [1.29, 1.82) is 0 Å². The van der Waals surface area contributed by atoms with Crippen LogP contribution in [0.2, 0.25) is 0 Å². The van der Waals surface area contributed by atoms with Crippen molar-refractivity contribution in [1.82, 2.24) is 0 Å². The van der Waals surface area contributed by atoms with Gasteiger partial charge in [0.1, 0.15) is 48.8 Å². The highest BCUT2D eigenvalue weighted by Gasteiger charge is 2.53. The molecular formula is C45H88N3O18P2+. The van der Waals surface area contributed by atoms with Crippen molar-refractivity contribution >= 4 is 16.1 Å². The highest BCUT2D eigenvalue weighted by molar-refractivity contribution is 7.47. The third kappa shape index (κ3) is 25.6. The molecule has 0 spiro atoms. The van der Waals surface area contributed by atoms with Gasteiger partial charge in [-0.2, -0.15) is 0 Å². The molecule has 2 rings (SSSR count). The number of nitrogens with zero attached hydrogens (tertiary/aromatic N) is 3. The fourth-order valence-electron chi connectivity index (χ4n) is 7.10. The predicted octanol–water partition coefficient (Wildman–Crippen LogP) is 8.88. The monoisotopic (exact) mass is 1020 g/mol. The van der Waals surface area contributed by atoms with E-state index in [1.807, 2.05) is 41.5 Å². The molecule has 2 fully saturated rings. The first-order chi connectivity index (χ1) is 33.0. The second-order valence-corrected chi connectivity index (χ2v) is 18.9. The number of rotatable bonds is 46. The summed E-state index contributed by atoms with van der Waals surface area (Å²) in [6.07, 6.45) is 0.815. The molecule has 0 aromatic rings. The van der Waals surface area contributed by atoms with Crippen LogP contribution in [-0.2, 0) is 74.8 Å². The Morgan fingerprint density at radius 3 is 1.57 bits per heavy atom. The van der Waals surface area contributed by atoms with Gasteiger partial charge in [-0.05, 0) is 50.5 Å². The number of unbranched alkanes of at least 4 members (excludes halogenated alkanes) is 7. The van der Waals surface area contributed by atoms with E-state index in [-0.39, 0.29) is 39.6 Å². The lowest BCUT2D eigenvalue weighted by Crippen LogP contribution is -2.49. The van der Waals surface area contributed by atoms with E-state index in [1.54, 1.807) is 0 Å². The summed E-state index contributed by atoms with van der Waals surface area (Å²) in [7, 11) is -7.95. The van der Waals surface area contributed by atoms with E-state index in [2.05, 4.69) is 16.9 Å². The lowest BCUT2D eigenvalue weighted by molar-refractivity contribution is -0.217. The summed E-state index contributed by atoms with van der Waals surface area (Å²) in [5.41, 5.74) is 8.79. The molecule has 0 aliphatic carbocycles. The summed E-state index contributed by atoms with van der Waals surface area (Å²) in [6, 6.07) is 0. The van der Waals surface area contributed by atoms with Gasteiger partial charge in [0.25, 0.3) is 0 Å². The van der Waals surface area contributed by atoms with E-state index in [1.165, 1.54) is 0 Å². The van der Waals surface area contributed by atoms with Crippen LogP contribution in [0.25, 0.3) is 10.4 Å². The van der Waals surface area contributed by atoms with Crippen molar-refractivity contribution in [3.63, 3.8) is 0 Å². The molecule has 13 atom stereocenters. The first-order valence-electron chi connectivity index (χ1n) is 25.3. The largest absolute Gasteiger partial charge is 0.695 e. The highest BCUT2D eigenvalue weighted by atomic mass is 31.2. The van der Waals surface area contributed by atoms with Gasteiger partial charge in [0, 0.05) is 62.3 Å². The van der Waals surface area contributed by atoms with Crippen molar-refractivity contribution < 1.29 is 84.6 Å². The average molecular weight is 1020 g/mol. The standard InChI is InChI=1S/C45H87N3O18P2/c1-8-15-23-53-31-37-40(65-67(49)50)42(58-28-20-13-6)45(63-37)61-33-35(55-25-17-10-3)39(57-27-19-12-5)36(56-26-18-11-4)34-62-68(51,52)66-41-38(32-54-24-16-9-2)64-44(60-30-22-47-48-46)43(41)59-29-21-14-7/h35-45H,8-34H2,1-7H3,(H-,49,50,51,52)/p+1/t35?,36?,37-,38-,39?,40?,41+,42+,43?,44?,45-/m1/s1. The smallest absolute Gasteiger partial charge is 0.379 e. The van der Waals surface area contributed by atoms with E-state index < -0.39 is 90.2 Å². The topological polar surface area (TPSA) is 253 Å². The summed E-state index contributed by atoms with van der Waals surface area (Å²) in [6.45, 7) is 16.3. The third-order valence-corrected chi connectivity index (χ3v) is 12.4. The number of hydrogen-bond acceptors (Lipinski definition) is 17. The van der Waals surface area contributed by atoms with Gasteiger partial charge in [-0.3, -0.25) is 9.05 Å². The highest BCUT2D eigenvalue weighted by Crippen LogP contribution is 2.48. The Morgan fingerprint density at radius 1 is 0.603 bits per heavy atom. The lowest BCUT2D eigenvalue weighted by Gasteiger charge is -2.35. The fourth-order valence-corrected chi connectivity index (χ4v) is 8.52. The molecule has 2 N–H and O–H groups in total. The third-order valence-electron chi connectivity index (χ3n) is 11.0. The minimum Gasteiger partial charge on any atom is -0.379 e. The number of phosphoric acid groups is 1. The van der Waals surface area contributed by atoms with Gasteiger partial charge in [0.2, 0.25) is 0 Å². The minimum absolute atomic E-state index is 0.0129. The molecule has 2 saturated heterocycles. The fraction of sp³-hybridized carbons (Fsp3) is 1.00. The molecule has 23 heteroatoms. The van der Waals surface area contributed by atoms with Crippen LogP contribution in [0, 0.1) is 0 Å². The quantitative estimate of drug-likeness (QED) is 0.0190. The van der Waals surface area contributed by atoms with E-state index in [0.717, 1.165) is 70.6 Å². The van der Waals surface area contributed by atoms with Gasteiger partial charge >= 0.3 is 16.1 Å². The van der Waals surface area contributed by atoms with Crippen molar-refractivity contribution in [2.45, 2.75) is 206 Å². The molecule has 2 heterocycles. The summed E-state index contributed by atoms with van der Waals surface area (Å²) >= 11 is 0. The molecule has 0 radical (unpaired) electrons. The van der Waals surface area contributed by atoms with Gasteiger partial charge in [-0.15, -0.1) is 9.42 Å². The molecule has 21 nitrogen and oxygen atoms in total. The first kappa shape index (κ1) is 63.1. The number of azide groups is 1. The van der Waals surface area contributed by atoms with Crippen LogP contribution in [0.3, 0.4) is 0 Å². The second-order valence-electron chi connectivity index (χ2n) is 16.8.